The van der Waals surface area contributed by atoms with E-state index in [2.05, 4.69) is 9.55 Å². The van der Waals surface area contributed by atoms with E-state index in [1.165, 1.54) is 0 Å². The molecule has 0 bridgehead atoms. The number of fused-ring (bicyclic) bond motifs is 1. The van der Waals surface area contributed by atoms with E-state index in [0.717, 1.165) is 46.6 Å². The minimum Gasteiger partial charge on any atom is -0.338 e. The molecule has 1 unspecified atom stereocenters. The largest absolute Gasteiger partial charge is 0.338 e. The van der Waals surface area contributed by atoms with Gasteiger partial charge in [-0.05, 0) is 44.0 Å². The Morgan fingerprint density at radius 3 is 2.88 bits per heavy atom. The van der Waals surface area contributed by atoms with Crippen molar-refractivity contribution in [1.29, 1.82) is 0 Å². The number of benzene rings is 1. The quantitative estimate of drug-likeness (QED) is 0.723. The zero-order chi connectivity index (χ0) is 17.6. The van der Waals surface area contributed by atoms with Crippen LogP contribution < -0.4 is 0 Å². The summed E-state index contributed by atoms with van der Waals surface area (Å²) in [4.78, 5) is 24.1. The number of carbonyl (C=O) groups is 1. The number of likely N-dealkylation sites (tertiary alicyclic amines) is 1. The van der Waals surface area contributed by atoms with E-state index in [9.17, 15) is 4.79 Å². The number of aryl methyl sites for hydroxylation is 3. The number of imidazole rings is 1. The van der Waals surface area contributed by atoms with Crippen molar-refractivity contribution in [2.45, 2.75) is 26.2 Å². The average molecular weight is 334 g/mol. The van der Waals surface area contributed by atoms with Gasteiger partial charge in [0.25, 0.3) is 5.91 Å². The summed E-state index contributed by atoms with van der Waals surface area (Å²) >= 11 is 0. The minimum absolute atomic E-state index is 0.126. The van der Waals surface area contributed by atoms with Gasteiger partial charge in [0.05, 0.1) is 0 Å². The van der Waals surface area contributed by atoms with Gasteiger partial charge in [-0.3, -0.25) is 4.79 Å². The van der Waals surface area contributed by atoms with Gasteiger partial charge in [-0.1, -0.05) is 17.7 Å². The average Bonchev–Trinajstić information content (AvgIpc) is 3.22. The fourth-order valence-electron chi connectivity index (χ4n) is 3.70. The summed E-state index contributed by atoms with van der Waals surface area (Å²) in [6.45, 7) is 5.50. The van der Waals surface area contributed by atoms with Crippen LogP contribution in [0, 0.1) is 13.8 Å². The molecule has 0 radical (unpaired) electrons. The van der Waals surface area contributed by atoms with Crippen molar-refractivity contribution in [2.24, 2.45) is 7.05 Å². The number of amides is 1. The van der Waals surface area contributed by atoms with Crippen molar-refractivity contribution in [3.05, 3.63) is 59.0 Å². The third kappa shape index (κ3) is 2.69. The summed E-state index contributed by atoms with van der Waals surface area (Å²) in [7, 11) is 2.01. The lowest BCUT2D eigenvalue weighted by atomic mass is 10.0. The standard InChI is InChI=1S/C20H22N4O/c1-13-6-7-14(2)16(11-13)20(25)24-10-8-15(12-24)18-22-17-5-4-9-21-19(17)23(18)3/h4-7,9,11,15H,8,10,12H2,1-3H3. The van der Waals surface area contributed by atoms with Gasteiger partial charge in [0.15, 0.2) is 5.65 Å². The molecule has 1 atom stereocenters. The Morgan fingerprint density at radius 2 is 2.08 bits per heavy atom. The van der Waals surface area contributed by atoms with E-state index >= 15 is 0 Å². The van der Waals surface area contributed by atoms with Crippen molar-refractivity contribution in [1.82, 2.24) is 19.4 Å². The molecule has 1 aliphatic heterocycles. The Kier molecular flexibility index (Phi) is 3.79. The predicted octanol–water partition coefficient (Wildman–Crippen LogP) is 3.21. The van der Waals surface area contributed by atoms with E-state index < -0.39 is 0 Å². The third-order valence-corrected chi connectivity index (χ3v) is 5.13. The van der Waals surface area contributed by atoms with E-state index in [-0.39, 0.29) is 11.8 Å². The third-order valence-electron chi connectivity index (χ3n) is 5.13. The van der Waals surface area contributed by atoms with Crippen LogP contribution in [-0.4, -0.2) is 38.4 Å². The molecule has 2 aromatic heterocycles. The van der Waals surface area contributed by atoms with Gasteiger partial charge in [-0.15, -0.1) is 0 Å². The van der Waals surface area contributed by atoms with Gasteiger partial charge in [-0.25, -0.2) is 9.97 Å². The molecule has 1 aliphatic rings. The SMILES string of the molecule is Cc1ccc(C)c(C(=O)N2CCC(c3nc4cccnc4n3C)C2)c1. The topological polar surface area (TPSA) is 51.0 Å². The number of rotatable bonds is 2. The summed E-state index contributed by atoms with van der Waals surface area (Å²) < 4.78 is 2.06. The van der Waals surface area contributed by atoms with Crippen molar-refractivity contribution in [2.75, 3.05) is 13.1 Å². The number of hydrogen-bond acceptors (Lipinski definition) is 3. The van der Waals surface area contributed by atoms with Crippen LogP contribution in [0.2, 0.25) is 0 Å². The van der Waals surface area contributed by atoms with Gasteiger partial charge in [0, 0.05) is 37.8 Å². The lowest BCUT2D eigenvalue weighted by Crippen LogP contribution is -2.29. The van der Waals surface area contributed by atoms with Crippen molar-refractivity contribution >= 4 is 17.1 Å². The number of nitrogens with zero attached hydrogens (tertiary/aromatic N) is 4. The second-order valence-corrected chi connectivity index (χ2v) is 6.93. The Morgan fingerprint density at radius 1 is 1.24 bits per heavy atom. The highest BCUT2D eigenvalue weighted by Crippen LogP contribution is 2.29. The van der Waals surface area contributed by atoms with Crippen molar-refractivity contribution < 1.29 is 4.79 Å². The van der Waals surface area contributed by atoms with Gasteiger partial charge in [0.1, 0.15) is 11.3 Å². The second kappa shape index (κ2) is 5.99. The van der Waals surface area contributed by atoms with Crippen LogP contribution in [-0.2, 0) is 7.05 Å². The summed E-state index contributed by atoms with van der Waals surface area (Å²) in [6, 6.07) is 9.95. The van der Waals surface area contributed by atoms with Crippen LogP contribution in [0.5, 0.6) is 0 Å². The molecule has 0 aliphatic carbocycles. The second-order valence-electron chi connectivity index (χ2n) is 6.93. The number of carbonyl (C=O) groups excluding carboxylic acids is 1. The molecule has 0 spiro atoms. The summed E-state index contributed by atoms with van der Waals surface area (Å²) in [5.41, 5.74) is 4.78. The highest BCUT2D eigenvalue weighted by molar-refractivity contribution is 5.96. The Balaban J connectivity index is 1.59. The molecular weight excluding hydrogens is 312 g/mol. The maximum atomic E-state index is 12.9. The monoisotopic (exact) mass is 334 g/mol. The smallest absolute Gasteiger partial charge is 0.254 e. The molecule has 3 aromatic rings. The van der Waals surface area contributed by atoms with E-state index in [0.29, 0.717) is 6.54 Å². The number of hydrogen-bond donors (Lipinski definition) is 0. The van der Waals surface area contributed by atoms with Crippen LogP contribution in [0.3, 0.4) is 0 Å². The summed E-state index contributed by atoms with van der Waals surface area (Å²) in [6.07, 6.45) is 2.73. The Labute approximate surface area is 147 Å². The van der Waals surface area contributed by atoms with Crippen molar-refractivity contribution in [3.63, 3.8) is 0 Å². The molecule has 0 N–H and O–H groups in total. The van der Waals surface area contributed by atoms with Crippen LogP contribution in [0.25, 0.3) is 11.2 Å². The zero-order valence-electron chi connectivity index (χ0n) is 14.9. The van der Waals surface area contributed by atoms with Crippen LogP contribution in [0.4, 0.5) is 0 Å². The first-order valence-electron chi connectivity index (χ1n) is 8.68. The van der Waals surface area contributed by atoms with E-state index in [4.69, 9.17) is 4.98 Å². The Bertz CT molecular complexity index is 959. The molecule has 25 heavy (non-hydrogen) atoms. The molecule has 1 saturated heterocycles. The maximum Gasteiger partial charge on any atom is 0.254 e. The molecular formula is C20H22N4O. The van der Waals surface area contributed by atoms with E-state index in [1.54, 1.807) is 6.20 Å². The van der Waals surface area contributed by atoms with E-state index in [1.807, 2.05) is 56.1 Å². The normalized spacial score (nSPS) is 17.4. The predicted molar refractivity (Wildman–Crippen MR) is 97.7 cm³/mol. The zero-order valence-corrected chi connectivity index (χ0v) is 14.9. The first-order valence-corrected chi connectivity index (χ1v) is 8.68. The van der Waals surface area contributed by atoms with Gasteiger partial charge in [-0.2, -0.15) is 0 Å². The molecule has 0 saturated carbocycles. The minimum atomic E-state index is 0.126. The number of aromatic nitrogens is 3. The van der Waals surface area contributed by atoms with Crippen LogP contribution in [0.1, 0.15) is 39.6 Å². The molecule has 3 heterocycles. The lowest BCUT2D eigenvalue weighted by Gasteiger charge is -2.18. The van der Waals surface area contributed by atoms with Crippen LogP contribution >= 0.6 is 0 Å². The van der Waals surface area contributed by atoms with Crippen molar-refractivity contribution in [3.8, 4) is 0 Å². The molecule has 5 heteroatoms. The fraction of sp³-hybridized carbons (Fsp3) is 0.350. The lowest BCUT2D eigenvalue weighted by molar-refractivity contribution is 0.0789. The summed E-state index contributed by atoms with van der Waals surface area (Å²) in [5, 5.41) is 0. The molecule has 4 rings (SSSR count). The highest BCUT2D eigenvalue weighted by Gasteiger charge is 2.31. The Hall–Kier alpha value is -2.69. The molecule has 1 fully saturated rings. The maximum absolute atomic E-state index is 12.9. The fourth-order valence-corrected chi connectivity index (χ4v) is 3.70. The molecule has 5 nitrogen and oxygen atoms in total. The van der Waals surface area contributed by atoms with Crippen LogP contribution in [0.15, 0.2) is 36.5 Å². The van der Waals surface area contributed by atoms with Gasteiger partial charge in [0.2, 0.25) is 0 Å². The number of pyridine rings is 1. The van der Waals surface area contributed by atoms with Gasteiger partial charge < -0.3 is 9.47 Å². The molecule has 1 amide bonds. The highest BCUT2D eigenvalue weighted by atomic mass is 16.2. The summed E-state index contributed by atoms with van der Waals surface area (Å²) in [5.74, 6) is 1.40. The molecule has 128 valence electrons. The van der Waals surface area contributed by atoms with Gasteiger partial charge >= 0.3 is 0 Å². The molecule has 1 aromatic carbocycles. The first kappa shape index (κ1) is 15.8. The first-order chi connectivity index (χ1) is 12.0.